The molecule has 1 aliphatic rings. The molecule has 1 fully saturated rings. The molecule has 0 aliphatic heterocycles. The van der Waals surface area contributed by atoms with Gasteiger partial charge in [0, 0.05) is 29.2 Å². The number of nitrogens with one attached hydrogen (secondary N) is 1. The molecule has 3 rings (SSSR count). The van der Waals surface area contributed by atoms with Gasteiger partial charge in [-0.1, -0.05) is 11.6 Å². The van der Waals surface area contributed by atoms with E-state index in [4.69, 9.17) is 16.7 Å². The Balaban J connectivity index is 1.88. The summed E-state index contributed by atoms with van der Waals surface area (Å²) in [4.78, 5) is 0. The minimum atomic E-state index is 0.0723. The van der Waals surface area contributed by atoms with E-state index in [0.717, 1.165) is 17.3 Å². The molecule has 3 nitrogen and oxygen atoms in total. The Hall–Kier alpha value is -1.32. The van der Waals surface area contributed by atoms with Crippen molar-refractivity contribution in [3.63, 3.8) is 0 Å². The van der Waals surface area contributed by atoms with E-state index in [1.807, 2.05) is 22.9 Å². The van der Waals surface area contributed by atoms with Crippen LogP contribution in [0, 0.1) is 0 Å². The second-order valence-electron chi connectivity index (χ2n) is 6.84. The maximum Gasteiger partial charge on any atom is 0.0691 e. The molecule has 0 saturated heterocycles. The molecule has 0 spiro atoms. The van der Waals surface area contributed by atoms with E-state index >= 15 is 0 Å². The van der Waals surface area contributed by atoms with Crippen LogP contribution in [0.25, 0.3) is 5.69 Å². The molecule has 1 heterocycles. The molecule has 0 radical (unpaired) electrons. The lowest BCUT2D eigenvalue weighted by molar-refractivity contribution is 0.424. The van der Waals surface area contributed by atoms with Crippen molar-refractivity contribution in [1.29, 1.82) is 0 Å². The fourth-order valence-corrected chi connectivity index (χ4v) is 2.54. The molecule has 0 unspecified atom stereocenters. The van der Waals surface area contributed by atoms with Crippen molar-refractivity contribution >= 4 is 11.6 Å². The van der Waals surface area contributed by atoms with E-state index in [9.17, 15) is 0 Å². The van der Waals surface area contributed by atoms with Crippen LogP contribution in [0.1, 0.15) is 50.8 Å². The summed E-state index contributed by atoms with van der Waals surface area (Å²) in [5.41, 5.74) is 3.55. The zero-order chi connectivity index (χ0) is 15.0. The van der Waals surface area contributed by atoms with Gasteiger partial charge in [0.15, 0.2) is 0 Å². The maximum absolute atomic E-state index is 6.16. The Labute approximate surface area is 131 Å². The Morgan fingerprint density at radius 2 is 2.05 bits per heavy atom. The van der Waals surface area contributed by atoms with Crippen molar-refractivity contribution in [2.24, 2.45) is 0 Å². The van der Waals surface area contributed by atoms with Crippen LogP contribution >= 0.6 is 11.6 Å². The molecule has 1 saturated carbocycles. The third-order valence-corrected chi connectivity index (χ3v) is 3.94. The lowest BCUT2D eigenvalue weighted by Gasteiger charge is -2.21. The summed E-state index contributed by atoms with van der Waals surface area (Å²) >= 11 is 6.16. The van der Waals surface area contributed by atoms with Gasteiger partial charge in [0.2, 0.25) is 0 Å². The van der Waals surface area contributed by atoms with Gasteiger partial charge < -0.3 is 5.32 Å². The predicted molar refractivity (Wildman–Crippen MR) is 87.1 cm³/mol. The van der Waals surface area contributed by atoms with Gasteiger partial charge in [0.05, 0.1) is 11.4 Å². The van der Waals surface area contributed by atoms with Crippen molar-refractivity contribution < 1.29 is 0 Å². The van der Waals surface area contributed by atoms with Gasteiger partial charge in [-0.3, -0.25) is 0 Å². The zero-order valence-corrected chi connectivity index (χ0v) is 13.6. The topological polar surface area (TPSA) is 29.9 Å². The molecule has 112 valence electrons. The Morgan fingerprint density at radius 1 is 1.29 bits per heavy atom. The van der Waals surface area contributed by atoms with Gasteiger partial charge in [-0.2, -0.15) is 5.10 Å². The second kappa shape index (κ2) is 5.47. The van der Waals surface area contributed by atoms with Crippen LogP contribution in [-0.2, 0) is 6.54 Å². The van der Waals surface area contributed by atoms with E-state index in [1.54, 1.807) is 0 Å². The summed E-state index contributed by atoms with van der Waals surface area (Å²) in [6.07, 6.45) is 4.60. The average molecular weight is 304 g/mol. The van der Waals surface area contributed by atoms with Crippen molar-refractivity contribution in [3.05, 3.63) is 46.7 Å². The Kier molecular flexibility index (Phi) is 3.80. The van der Waals surface area contributed by atoms with E-state index in [1.165, 1.54) is 24.1 Å². The van der Waals surface area contributed by atoms with E-state index in [2.05, 4.69) is 38.4 Å². The summed E-state index contributed by atoms with van der Waals surface area (Å²) < 4.78 is 1.98. The number of nitrogens with zero attached hydrogens (tertiary/aromatic N) is 2. The van der Waals surface area contributed by atoms with Crippen LogP contribution in [0.4, 0.5) is 0 Å². The van der Waals surface area contributed by atoms with E-state index in [-0.39, 0.29) is 5.54 Å². The summed E-state index contributed by atoms with van der Waals surface area (Å²) in [6.45, 7) is 7.26. The summed E-state index contributed by atoms with van der Waals surface area (Å²) in [5, 5.41) is 9.00. The molecule has 0 bridgehead atoms. The van der Waals surface area contributed by atoms with Crippen LogP contribution in [0.2, 0.25) is 5.02 Å². The number of hydrogen-bond acceptors (Lipinski definition) is 2. The van der Waals surface area contributed by atoms with Gasteiger partial charge >= 0.3 is 0 Å². The minimum absolute atomic E-state index is 0.0723. The number of aromatic nitrogens is 2. The third-order valence-electron chi connectivity index (χ3n) is 3.70. The molecule has 0 amide bonds. The lowest BCUT2D eigenvalue weighted by Crippen LogP contribution is -2.35. The molecular formula is C17H22ClN3. The van der Waals surface area contributed by atoms with Gasteiger partial charge in [-0.25, -0.2) is 4.68 Å². The first-order valence-electron chi connectivity index (χ1n) is 7.52. The average Bonchev–Trinajstić information content (AvgIpc) is 3.14. The summed E-state index contributed by atoms with van der Waals surface area (Å²) in [7, 11) is 0. The summed E-state index contributed by atoms with van der Waals surface area (Å²) in [6, 6.07) is 8.13. The monoisotopic (exact) mass is 303 g/mol. The molecule has 2 aromatic rings. The third kappa shape index (κ3) is 3.66. The molecule has 1 aliphatic carbocycles. The zero-order valence-electron chi connectivity index (χ0n) is 12.9. The highest BCUT2D eigenvalue weighted by molar-refractivity contribution is 6.30. The van der Waals surface area contributed by atoms with Crippen molar-refractivity contribution in [1.82, 2.24) is 15.1 Å². The summed E-state index contributed by atoms with van der Waals surface area (Å²) in [5.74, 6) is 0.676. The number of halogens is 1. The largest absolute Gasteiger partial charge is 0.308 e. The molecular weight excluding hydrogens is 282 g/mol. The standard InChI is InChI=1S/C17H22ClN3/c1-17(2,3)19-11-13-10-14(18)6-7-16(13)21-9-8-15(20-21)12-4-5-12/h6-10,12,19H,4-5,11H2,1-3H3. The van der Waals surface area contributed by atoms with Crippen molar-refractivity contribution in [3.8, 4) is 5.69 Å². The second-order valence-corrected chi connectivity index (χ2v) is 7.27. The van der Waals surface area contributed by atoms with Crippen LogP contribution in [0.5, 0.6) is 0 Å². The smallest absolute Gasteiger partial charge is 0.0691 e. The first-order chi connectivity index (χ1) is 9.92. The molecule has 1 aromatic carbocycles. The first kappa shape index (κ1) is 14.6. The minimum Gasteiger partial charge on any atom is -0.308 e. The first-order valence-corrected chi connectivity index (χ1v) is 7.89. The number of hydrogen-bond donors (Lipinski definition) is 1. The highest BCUT2D eigenvalue weighted by atomic mass is 35.5. The van der Waals surface area contributed by atoms with E-state index < -0.39 is 0 Å². The van der Waals surface area contributed by atoms with Crippen LogP contribution in [0.3, 0.4) is 0 Å². The van der Waals surface area contributed by atoms with Crippen LogP contribution in [-0.4, -0.2) is 15.3 Å². The molecule has 1 aromatic heterocycles. The fraction of sp³-hybridized carbons (Fsp3) is 0.471. The SMILES string of the molecule is CC(C)(C)NCc1cc(Cl)ccc1-n1ccc(C2CC2)n1. The molecule has 0 atom stereocenters. The lowest BCUT2D eigenvalue weighted by atomic mass is 10.1. The van der Waals surface area contributed by atoms with Crippen LogP contribution < -0.4 is 5.32 Å². The fourth-order valence-electron chi connectivity index (χ4n) is 2.35. The Bertz CT molecular complexity index is 636. The van der Waals surface area contributed by atoms with Gasteiger partial charge in [-0.05, 0) is 63.4 Å². The molecule has 21 heavy (non-hydrogen) atoms. The quantitative estimate of drug-likeness (QED) is 0.913. The van der Waals surface area contributed by atoms with Gasteiger partial charge in [-0.15, -0.1) is 0 Å². The highest BCUT2D eigenvalue weighted by Gasteiger charge is 2.26. The van der Waals surface area contributed by atoms with Gasteiger partial charge in [0.1, 0.15) is 0 Å². The number of benzene rings is 1. The highest BCUT2D eigenvalue weighted by Crippen LogP contribution is 2.39. The van der Waals surface area contributed by atoms with Crippen molar-refractivity contribution in [2.45, 2.75) is 51.6 Å². The molecule has 4 heteroatoms. The van der Waals surface area contributed by atoms with Gasteiger partial charge in [0.25, 0.3) is 0 Å². The predicted octanol–water partition coefficient (Wildman–Crippen LogP) is 4.29. The number of rotatable bonds is 4. The van der Waals surface area contributed by atoms with Crippen LogP contribution in [0.15, 0.2) is 30.5 Å². The normalized spacial score (nSPS) is 15.4. The van der Waals surface area contributed by atoms with Crippen molar-refractivity contribution in [2.75, 3.05) is 0 Å². The van der Waals surface area contributed by atoms with E-state index in [0.29, 0.717) is 5.92 Å². The molecule has 1 N–H and O–H groups in total. The maximum atomic E-state index is 6.16. The Morgan fingerprint density at radius 3 is 2.71 bits per heavy atom.